The first-order valence-electron chi connectivity index (χ1n) is 13.3. The predicted molar refractivity (Wildman–Crippen MR) is 150 cm³/mol. The van der Waals surface area contributed by atoms with Gasteiger partial charge < -0.3 is 9.47 Å². The molecule has 2 aliphatic carbocycles. The van der Waals surface area contributed by atoms with Crippen LogP contribution in [0, 0.1) is 0 Å². The summed E-state index contributed by atoms with van der Waals surface area (Å²) in [6, 6.07) is 33.4. The Labute approximate surface area is 216 Å². The molecular formula is C34H23BO2. The van der Waals surface area contributed by atoms with E-state index in [0.29, 0.717) is 0 Å². The first-order chi connectivity index (χ1) is 18.3. The number of benzene rings is 5. The van der Waals surface area contributed by atoms with E-state index in [9.17, 15) is 0 Å². The van der Waals surface area contributed by atoms with Gasteiger partial charge in [0.2, 0.25) is 0 Å². The Morgan fingerprint density at radius 1 is 0.432 bits per heavy atom. The van der Waals surface area contributed by atoms with Crippen molar-refractivity contribution >= 4 is 23.1 Å². The quantitative estimate of drug-likeness (QED) is 0.289. The van der Waals surface area contributed by atoms with Crippen molar-refractivity contribution in [1.29, 1.82) is 0 Å². The lowest BCUT2D eigenvalue weighted by molar-refractivity contribution is 0.464. The molecule has 0 aromatic heterocycles. The van der Waals surface area contributed by atoms with E-state index < -0.39 is 0 Å². The van der Waals surface area contributed by atoms with Gasteiger partial charge in [-0.1, -0.05) is 66.7 Å². The van der Waals surface area contributed by atoms with Crippen molar-refractivity contribution in [3.8, 4) is 45.3 Å². The summed E-state index contributed by atoms with van der Waals surface area (Å²) in [4.78, 5) is 0. The maximum Gasteiger partial charge on any atom is 0.260 e. The van der Waals surface area contributed by atoms with Crippen molar-refractivity contribution in [1.82, 2.24) is 0 Å². The van der Waals surface area contributed by atoms with E-state index >= 15 is 0 Å². The van der Waals surface area contributed by atoms with Crippen molar-refractivity contribution in [3.05, 3.63) is 113 Å². The molecule has 0 atom stereocenters. The van der Waals surface area contributed by atoms with Crippen LogP contribution in [0.15, 0.2) is 91.0 Å². The summed E-state index contributed by atoms with van der Waals surface area (Å²) in [5.74, 6) is 3.66. The largest absolute Gasteiger partial charge is 0.458 e. The van der Waals surface area contributed by atoms with E-state index in [1.807, 2.05) is 6.07 Å². The molecule has 5 aromatic carbocycles. The number of hydrogen-bond donors (Lipinski definition) is 0. The second kappa shape index (κ2) is 7.17. The molecule has 3 heteroatoms. The number of rotatable bonds is 2. The average molecular weight is 474 g/mol. The zero-order chi connectivity index (χ0) is 24.1. The Morgan fingerprint density at radius 2 is 0.892 bits per heavy atom. The molecule has 2 nitrogen and oxygen atoms in total. The topological polar surface area (TPSA) is 18.5 Å². The highest BCUT2D eigenvalue weighted by Crippen LogP contribution is 2.38. The molecule has 5 aromatic rings. The highest BCUT2D eigenvalue weighted by molar-refractivity contribution is 6.98. The highest BCUT2D eigenvalue weighted by Gasteiger charge is 2.40. The summed E-state index contributed by atoms with van der Waals surface area (Å²) >= 11 is 0. The Morgan fingerprint density at radius 3 is 1.35 bits per heavy atom. The summed E-state index contributed by atoms with van der Waals surface area (Å²) in [5.41, 5.74) is 14.4. The molecule has 0 radical (unpaired) electrons. The highest BCUT2D eigenvalue weighted by atomic mass is 16.5. The fourth-order valence-electron chi connectivity index (χ4n) is 6.53. The third kappa shape index (κ3) is 2.83. The molecular weight excluding hydrogens is 451 g/mol. The van der Waals surface area contributed by atoms with Crippen LogP contribution >= 0.6 is 0 Å². The lowest BCUT2D eigenvalue weighted by atomic mass is 9.35. The summed E-state index contributed by atoms with van der Waals surface area (Å²) < 4.78 is 13.0. The van der Waals surface area contributed by atoms with Gasteiger partial charge in [-0.15, -0.1) is 0 Å². The minimum absolute atomic E-state index is 0.0930. The zero-order valence-corrected chi connectivity index (χ0v) is 20.4. The van der Waals surface area contributed by atoms with Crippen LogP contribution in [0.1, 0.15) is 22.3 Å². The van der Waals surface area contributed by atoms with E-state index in [0.717, 1.165) is 28.5 Å². The third-order valence-electron chi connectivity index (χ3n) is 8.81. The molecule has 9 rings (SSSR count). The molecule has 0 saturated heterocycles. The van der Waals surface area contributed by atoms with Crippen molar-refractivity contribution in [2.24, 2.45) is 0 Å². The molecule has 0 N–H and O–H groups in total. The summed E-state index contributed by atoms with van der Waals surface area (Å²) in [6.45, 7) is 0.0930. The van der Waals surface area contributed by atoms with Crippen molar-refractivity contribution < 1.29 is 9.47 Å². The number of fused-ring (bicyclic) bond motifs is 6. The fourth-order valence-corrected chi connectivity index (χ4v) is 6.53. The van der Waals surface area contributed by atoms with Gasteiger partial charge in [0.15, 0.2) is 0 Å². The van der Waals surface area contributed by atoms with E-state index in [2.05, 4.69) is 84.9 Å². The van der Waals surface area contributed by atoms with Gasteiger partial charge in [0.1, 0.15) is 23.0 Å². The first-order valence-corrected chi connectivity index (χ1v) is 13.3. The second-order valence-corrected chi connectivity index (χ2v) is 10.8. The van der Waals surface area contributed by atoms with Crippen molar-refractivity contribution in [2.45, 2.75) is 25.7 Å². The lowest BCUT2D eigenvalue weighted by Gasteiger charge is -2.33. The summed E-state index contributed by atoms with van der Waals surface area (Å²) in [5, 5.41) is 0. The Bertz CT molecular complexity index is 1670. The van der Waals surface area contributed by atoms with Crippen LogP contribution in [0.5, 0.6) is 23.0 Å². The number of aryl methyl sites for hydroxylation is 4. The van der Waals surface area contributed by atoms with Crippen LogP contribution in [-0.2, 0) is 25.7 Å². The second-order valence-electron chi connectivity index (χ2n) is 10.8. The van der Waals surface area contributed by atoms with Crippen LogP contribution in [0.2, 0.25) is 0 Å². The van der Waals surface area contributed by atoms with Crippen LogP contribution in [0.4, 0.5) is 0 Å². The van der Waals surface area contributed by atoms with Gasteiger partial charge in [0.05, 0.1) is 0 Å². The molecule has 174 valence electrons. The van der Waals surface area contributed by atoms with Crippen LogP contribution in [0.25, 0.3) is 22.3 Å². The van der Waals surface area contributed by atoms with Crippen molar-refractivity contribution in [3.63, 3.8) is 0 Å². The van der Waals surface area contributed by atoms with Crippen LogP contribution < -0.4 is 25.9 Å². The number of ether oxygens (including phenoxy) is 2. The fraction of sp³-hybridized carbons (Fsp3) is 0.118. The van der Waals surface area contributed by atoms with Crippen molar-refractivity contribution in [2.75, 3.05) is 0 Å². The van der Waals surface area contributed by atoms with Gasteiger partial charge in [-0.25, -0.2) is 0 Å². The molecule has 0 saturated carbocycles. The normalized spacial score (nSPS) is 15.0. The minimum atomic E-state index is 0.0930. The molecule has 37 heavy (non-hydrogen) atoms. The molecule has 0 fully saturated rings. The van der Waals surface area contributed by atoms with Crippen LogP contribution in [0.3, 0.4) is 0 Å². The monoisotopic (exact) mass is 474 g/mol. The number of hydrogen-bond acceptors (Lipinski definition) is 2. The molecule has 2 heterocycles. The maximum absolute atomic E-state index is 6.51. The first kappa shape index (κ1) is 19.9. The summed E-state index contributed by atoms with van der Waals surface area (Å²) in [7, 11) is 0. The van der Waals surface area contributed by atoms with E-state index in [1.54, 1.807) is 0 Å². The molecule has 0 amide bonds. The Balaban J connectivity index is 1.17. The van der Waals surface area contributed by atoms with E-state index in [1.165, 1.54) is 81.1 Å². The van der Waals surface area contributed by atoms with Crippen LogP contribution in [-0.4, -0.2) is 6.71 Å². The molecule has 0 spiro atoms. The molecule has 2 aliphatic heterocycles. The Hall–Kier alpha value is -4.24. The average Bonchev–Trinajstić information content (AvgIpc) is 2.89. The van der Waals surface area contributed by atoms with Gasteiger partial charge >= 0.3 is 0 Å². The van der Waals surface area contributed by atoms with E-state index in [-0.39, 0.29) is 6.71 Å². The van der Waals surface area contributed by atoms with Gasteiger partial charge in [-0.05, 0) is 105 Å². The van der Waals surface area contributed by atoms with Gasteiger partial charge in [-0.2, -0.15) is 0 Å². The van der Waals surface area contributed by atoms with Gasteiger partial charge in [0.25, 0.3) is 6.71 Å². The zero-order valence-electron chi connectivity index (χ0n) is 20.4. The molecule has 0 unspecified atom stereocenters. The smallest absolute Gasteiger partial charge is 0.260 e. The molecule has 0 bridgehead atoms. The van der Waals surface area contributed by atoms with E-state index in [4.69, 9.17) is 9.47 Å². The molecule has 4 aliphatic rings. The maximum atomic E-state index is 6.51. The Kier molecular flexibility index (Phi) is 3.85. The standard InChI is InChI=1S/C34H23BO2/c1-2-30-34-31(3-1)37-33-19-27(25-11-7-21-5-9-23(21)17-25)13-15-29(33)35(34)28-14-12-26(18-32(28)36-30)24-10-6-20-4-8-22(20)16-24/h1-3,6-7,10-19H,4-5,8-9H2. The van der Waals surface area contributed by atoms with Gasteiger partial charge in [-0.3, -0.25) is 0 Å². The van der Waals surface area contributed by atoms with Gasteiger partial charge in [0, 0.05) is 5.46 Å². The lowest BCUT2D eigenvalue weighted by Crippen LogP contribution is -2.57. The summed E-state index contributed by atoms with van der Waals surface area (Å²) in [6.07, 6.45) is 4.79. The minimum Gasteiger partial charge on any atom is -0.458 e. The predicted octanol–water partition coefficient (Wildman–Crippen LogP) is 5.95. The third-order valence-corrected chi connectivity index (χ3v) is 8.81. The SMILES string of the molecule is c1cc2c3c(c1)Oc1cc(-c4ccc5c(c4)CC5)ccc1B3c1ccc(-c3ccc4c(c3)CC4)cc1O2.